The van der Waals surface area contributed by atoms with Crippen molar-refractivity contribution in [2.45, 2.75) is 25.8 Å². The van der Waals surface area contributed by atoms with Crippen molar-refractivity contribution in [3.05, 3.63) is 65.0 Å². The first-order valence-electron chi connectivity index (χ1n) is 8.19. The molecule has 1 unspecified atom stereocenters. The van der Waals surface area contributed by atoms with E-state index in [2.05, 4.69) is 11.2 Å². The smallest absolute Gasteiger partial charge is 0.339 e. The number of fused-ring (bicyclic) bond motifs is 1. The molecule has 126 valence electrons. The number of pyridine rings is 1. The molecule has 0 radical (unpaired) electrons. The highest BCUT2D eigenvalue weighted by molar-refractivity contribution is 5.88. The fourth-order valence-electron chi connectivity index (χ4n) is 3.49. The van der Waals surface area contributed by atoms with Gasteiger partial charge in [-0.15, -0.1) is 0 Å². The number of nitrogens with zero attached hydrogens (tertiary/aromatic N) is 3. The van der Waals surface area contributed by atoms with E-state index in [1.165, 1.54) is 11.8 Å². The van der Waals surface area contributed by atoms with Gasteiger partial charge in [0.25, 0.3) is 0 Å². The fourth-order valence-corrected chi connectivity index (χ4v) is 3.49. The van der Waals surface area contributed by atoms with Crippen LogP contribution >= 0.6 is 0 Å². The number of rotatable bonds is 3. The summed E-state index contributed by atoms with van der Waals surface area (Å²) in [6, 6.07) is 11.9. The molecule has 1 aliphatic carbocycles. The molecule has 4 rings (SSSR count). The number of aromatic carboxylic acids is 1. The monoisotopic (exact) mass is 334 g/mol. The number of carboxylic acid groups (broad SMARTS) is 1. The van der Waals surface area contributed by atoms with E-state index >= 15 is 0 Å². The van der Waals surface area contributed by atoms with Crippen LogP contribution in [0.15, 0.2) is 42.6 Å². The number of carboxylic acids is 1. The zero-order valence-corrected chi connectivity index (χ0v) is 13.8. The second-order valence-electron chi connectivity index (χ2n) is 6.27. The summed E-state index contributed by atoms with van der Waals surface area (Å²) in [6.45, 7) is 1.72. The van der Waals surface area contributed by atoms with Crippen LogP contribution in [0.25, 0.3) is 17.1 Å². The number of carbonyl (C=O) groups is 1. The first-order chi connectivity index (χ1) is 12.1. The van der Waals surface area contributed by atoms with Crippen LogP contribution in [0, 0.1) is 6.92 Å². The Bertz CT molecular complexity index is 977. The highest BCUT2D eigenvalue weighted by Gasteiger charge is 2.23. The molecule has 3 aromatic rings. The molecular weight excluding hydrogens is 316 g/mol. The van der Waals surface area contributed by atoms with Crippen LogP contribution in [0.2, 0.25) is 0 Å². The van der Waals surface area contributed by atoms with Crippen molar-refractivity contribution in [2.24, 2.45) is 5.73 Å². The predicted octanol–water partition coefficient (Wildman–Crippen LogP) is 2.89. The number of hydrogen-bond acceptors (Lipinski definition) is 4. The fraction of sp³-hybridized carbons (Fsp3) is 0.211. The lowest BCUT2D eigenvalue weighted by Gasteiger charge is -2.13. The van der Waals surface area contributed by atoms with E-state index in [0.717, 1.165) is 29.7 Å². The predicted molar refractivity (Wildman–Crippen MR) is 93.7 cm³/mol. The van der Waals surface area contributed by atoms with Crippen molar-refractivity contribution < 1.29 is 9.90 Å². The molecule has 25 heavy (non-hydrogen) atoms. The molecular formula is C19H18N4O2. The van der Waals surface area contributed by atoms with Crippen LogP contribution in [-0.2, 0) is 6.42 Å². The molecule has 2 heterocycles. The van der Waals surface area contributed by atoms with Crippen molar-refractivity contribution in [3.63, 3.8) is 0 Å². The Morgan fingerprint density at radius 1 is 1.28 bits per heavy atom. The Morgan fingerprint density at radius 2 is 2.08 bits per heavy atom. The summed E-state index contributed by atoms with van der Waals surface area (Å²) < 4.78 is 1.55. The first-order valence-corrected chi connectivity index (χ1v) is 8.19. The summed E-state index contributed by atoms with van der Waals surface area (Å²) in [7, 11) is 0. The lowest BCUT2D eigenvalue weighted by molar-refractivity contribution is 0.0696. The largest absolute Gasteiger partial charge is 0.478 e. The van der Waals surface area contributed by atoms with Crippen molar-refractivity contribution >= 4 is 5.97 Å². The number of aromatic nitrogens is 3. The number of hydrogen-bond donors (Lipinski definition) is 2. The minimum Gasteiger partial charge on any atom is -0.478 e. The van der Waals surface area contributed by atoms with Gasteiger partial charge in [-0.05, 0) is 43.0 Å². The van der Waals surface area contributed by atoms with Crippen molar-refractivity contribution in [1.29, 1.82) is 0 Å². The van der Waals surface area contributed by atoms with Crippen LogP contribution in [-0.4, -0.2) is 25.8 Å². The van der Waals surface area contributed by atoms with Gasteiger partial charge in [0.05, 0.1) is 17.6 Å². The average Bonchev–Trinajstić information content (AvgIpc) is 3.18. The average molecular weight is 334 g/mol. The van der Waals surface area contributed by atoms with E-state index in [-0.39, 0.29) is 11.6 Å². The molecule has 0 fully saturated rings. The van der Waals surface area contributed by atoms with Crippen LogP contribution in [0.3, 0.4) is 0 Å². The molecule has 0 spiro atoms. The molecule has 2 aromatic heterocycles. The molecule has 0 saturated heterocycles. The zero-order chi connectivity index (χ0) is 17.6. The number of nitrogens with two attached hydrogens (primary N) is 1. The third-order valence-electron chi connectivity index (χ3n) is 4.76. The third kappa shape index (κ3) is 2.51. The van der Waals surface area contributed by atoms with Crippen molar-refractivity contribution in [1.82, 2.24) is 14.8 Å². The number of benzene rings is 1. The summed E-state index contributed by atoms with van der Waals surface area (Å²) in [5.74, 6) is -0.404. The van der Waals surface area contributed by atoms with Gasteiger partial charge in [0, 0.05) is 11.6 Å². The molecule has 3 N–H and O–H groups in total. The second-order valence-corrected chi connectivity index (χ2v) is 6.27. The highest BCUT2D eigenvalue weighted by Crippen LogP contribution is 2.36. The van der Waals surface area contributed by atoms with Crippen LogP contribution in [0.1, 0.15) is 39.6 Å². The SMILES string of the molecule is Cc1c(C(=O)O)cnn1-c1cccc(-c2cccc3c2C(N)CC3)n1. The van der Waals surface area contributed by atoms with E-state index in [1.807, 2.05) is 30.3 Å². The van der Waals surface area contributed by atoms with Gasteiger partial charge in [0.15, 0.2) is 5.82 Å². The maximum atomic E-state index is 11.2. The molecule has 6 nitrogen and oxygen atoms in total. The van der Waals surface area contributed by atoms with E-state index in [1.54, 1.807) is 11.6 Å². The van der Waals surface area contributed by atoms with Crippen molar-refractivity contribution in [2.75, 3.05) is 0 Å². The van der Waals surface area contributed by atoms with Gasteiger partial charge < -0.3 is 10.8 Å². The Hall–Kier alpha value is -2.99. The van der Waals surface area contributed by atoms with Gasteiger partial charge in [-0.2, -0.15) is 5.10 Å². The quantitative estimate of drug-likeness (QED) is 0.768. The Morgan fingerprint density at radius 3 is 2.84 bits per heavy atom. The maximum Gasteiger partial charge on any atom is 0.339 e. The Kier molecular flexibility index (Phi) is 3.62. The van der Waals surface area contributed by atoms with Gasteiger partial charge in [-0.1, -0.05) is 24.3 Å². The molecule has 0 bridgehead atoms. The van der Waals surface area contributed by atoms with Crippen molar-refractivity contribution in [3.8, 4) is 17.1 Å². The number of aryl methyl sites for hydroxylation is 1. The summed E-state index contributed by atoms with van der Waals surface area (Å²) in [5, 5.41) is 13.4. The Labute approximate surface area is 144 Å². The summed E-state index contributed by atoms with van der Waals surface area (Å²) in [6.07, 6.45) is 3.29. The van der Waals surface area contributed by atoms with E-state index < -0.39 is 5.97 Å². The molecule has 6 heteroatoms. The summed E-state index contributed by atoms with van der Waals surface area (Å²) in [4.78, 5) is 15.9. The third-order valence-corrected chi connectivity index (χ3v) is 4.76. The molecule has 1 atom stereocenters. The van der Waals surface area contributed by atoms with E-state index in [9.17, 15) is 9.90 Å². The van der Waals surface area contributed by atoms with E-state index in [0.29, 0.717) is 11.5 Å². The standard InChI is InChI=1S/C19H18N4O2/c1-11-14(19(24)25)10-21-23(11)17-7-3-6-16(22-17)13-5-2-4-12-8-9-15(20)18(12)13/h2-7,10,15H,8-9,20H2,1H3,(H,24,25). The molecule has 0 saturated carbocycles. The molecule has 1 aliphatic rings. The summed E-state index contributed by atoms with van der Waals surface area (Å²) >= 11 is 0. The van der Waals surface area contributed by atoms with Gasteiger partial charge >= 0.3 is 5.97 Å². The molecule has 1 aromatic carbocycles. The van der Waals surface area contributed by atoms with E-state index in [4.69, 9.17) is 10.7 Å². The van der Waals surface area contributed by atoms with Gasteiger partial charge in [-0.25, -0.2) is 14.5 Å². The van der Waals surface area contributed by atoms with Crippen LogP contribution in [0.5, 0.6) is 0 Å². The molecule has 0 amide bonds. The first kappa shape index (κ1) is 15.5. The lowest BCUT2D eigenvalue weighted by atomic mass is 9.98. The summed E-state index contributed by atoms with van der Waals surface area (Å²) in [5.41, 5.74) is 11.3. The topological polar surface area (TPSA) is 94.0 Å². The normalized spacial score (nSPS) is 16.0. The Balaban J connectivity index is 1.82. The highest BCUT2D eigenvalue weighted by atomic mass is 16.4. The zero-order valence-electron chi connectivity index (χ0n) is 13.8. The van der Waals surface area contributed by atoms with Gasteiger partial charge in [0.2, 0.25) is 0 Å². The molecule has 0 aliphatic heterocycles. The van der Waals surface area contributed by atoms with Gasteiger partial charge in [-0.3, -0.25) is 0 Å². The minimum absolute atomic E-state index is 0.0294. The minimum atomic E-state index is -0.994. The van der Waals surface area contributed by atoms with Crippen LogP contribution in [0.4, 0.5) is 0 Å². The van der Waals surface area contributed by atoms with Crippen LogP contribution < -0.4 is 5.73 Å². The van der Waals surface area contributed by atoms with Gasteiger partial charge in [0.1, 0.15) is 5.56 Å². The second kappa shape index (κ2) is 5.82. The maximum absolute atomic E-state index is 11.2. The lowest BCUT2D eigenvalue weighted by Crippen LogP contribution is -2.08.